The van der Waals surface area contributed by atoms with E-state index in [0.717, 1.165) is 31.7 Å². The Bertz CT molecular complexity index is 1210. The highest BCUT2D eigenvalue weighted by Crippen LogP contribution is 2.30. The number of rotatable bonds is 7. The van der Waals surface area contributed by atoms with Crippen LogP contribution in [0.4, 0.5) is 26.1 Å². The summed E-state index contributed by atoms with van der Waals surface area (Å²) in [6.07, 6.45) is 6.61. The van der Waals surface area contributed by atoms with Crippen LogP contribution in [0.5, 0.6) is 5.75 Å². The first-order valence-electron chi connectivity index (χ1n) is 10.9. The molecule has 1 aliphatic rings. The molecule has 1 saturated carbocycles. The first-order valence-corrected chi connectivity index (χ1v) is 10.9. The minimum absolute atomic E-state index is 0.0298. The molecule has 2 aromatic heterocycles. The van der Waals surface area contributed by atoms with Gasteiger partial charge in [0.1, 0.15) is 17.4 Å². The lowest BCUT2D eigenvalue weighted by atomic mass is 9.91. The van der Waals surface area contributed by atoms with Crippen LogP contribution < -0.4 is 26.8 Å². The highest BCUT2D eigenvalue weighted by Gasteiger charge is 2.24. The molecular weight excluding hydrogens is 442 g/mol. The lowest BCUT2D eigenvalue weighted by molar-refractivity contribution is 0.100. The topological polar surface area (TPSA) is 128 Å². The molecule has 2 atom stereocenters. The highest BCUT2D eigenvalue weighted by molar-refractivity contribution is 5.98. The van der Waals surface area contributed by atoms with Crippen LogP contribution >= 0.6 is 0 Å². The molecule has 0 unspecified atom stereocenters. The van der Waals surface area contributed by atoms with Gasteiger partial charge in [0.2, 0.25) is 0 Å². The van der Waals surface area contributed by atoms with Crippen LogP contribution in [0.3, 0.4) is 0 Å². The van der Waals surface area contributed by atoms with Gasteiger partial charge >= 0.3 is 0 Å². The van der Waals surface area contributed by atoms with Crippen molar-refractivity contribution in [2.45, 2.75) is 37.8 Å². The average Bonchev–Trinajstić information content (AvgIpc) is 2.82. The number of nitrogens with zero attached hydrogens (tertiary/aromatic N) is 2. The number of pyridine rings is 2. The number of benzene rings is 1. The Morgan fingerprint density at radius 2 is 1.88 bits per heavy atom. The summed E-state index contributed by atoms with van der Waals surface area (Å²) >= 11 is 0. The predicted octanol–water partition coefficient (Wildman–Crippen LogP) is 3.95. The van der Waals surface area contributed by atoms with E-state index in [4.69, 9.17) is 16.2 Å². The quantitative estimate of drug-likeness (QED) is 0.413. The van der Waals surface area contributed by atoms with Crippen molar-refractivity contribution < 1.29 is 18.3 Å². The van der Waals surface area contributed by atoms with E-state index in [-0.39, 0.29) is 34.8 Å². The fourth-order valence-corrected chi connectivity index (χ4v) is 4.03. The molecule has 3 aromatic rings. The number of aromatic nitrogens is 2. The van der Waals surface area contributed by atoms with Crippen molar-refractivity contribution in [3.8, 4) is 16.9 Å². The summed E-state index contributed by atoms with van der Waals surface area (Å²) in [7, 11) is 1.49. The number of anilines is 3. The van der Waals surface area contributed by atoms with Gasteiger partial charge in [-0.25, -0.2) is 13.8 Å². The van der Waals surface area contributed by atoms with E-state index < -0.39 is 17.5 Å². The molecule has 1 aliphatic carbocycles. The van der Waals surface area contributed by atoms with Gasteiger partial charge in [0.25, 0.3) is 5.91 Å². The van der Waals surface area contributed by atoms with Gasteiger partial charge in [0.15, 0.2) is 11.6 Å². The van der Waals surface area contributed by atoms with Crippen molar-refractivity contribution in [2.75, 3.05) is 17.7 Å². The van der Waals surface area contributed by atoms with Gasteiger partial charge < -0.3 is 26.8 Å². The van der Waals surface area contributed by atoms with Crippen molar-refractivity contribution in [1.29, 1.82) is 0 Å². The third-order valence-electron chi connectivity index (χ3n) is 5.87. The summed E-state index contributed by atoms with van der Waals surface area (Å²) in [4.78, 5) is 20.4. The second-order valence-electron chi connectivity index (χ2n) is 8.21. The van der Waals surface area contributed by atoms with E-state index in [9.17, 15) is 13.6 Å². The number of amides is 1. The Hall–Kier alpha value is -3.79. The smallest absolute Gasteiger partial charge is 0.252 e. The molecule has 0 aliphatic heterocycles. The fraction of sp³-hybridized carbons (Fsp3) is 0.292. The number of hydrogen-bond acceptors (Lipinski definition) is 7. The predicted molar refractivity (Wildman–Crippen MR) is 126 cm³/mol. The Morgan fingerprint density at radius 3 is 2.62 bits per heavy atom. The fourth-order valence-electron chi connectivity index (χ4n) is 4.03. The minimum Gasteiger partial charge on any atom is -0.497 e. The SMILES string of the molecule is COc1ccc(F)c(-c2cncc(Nc3nc(N[C@@H]4CCCC[C@@H]4N)c(F)cc3C(N)=O)c2)c1. The minimum atomic E-state index is -0.849. The van der Waals surface area contributed by atoms with Gasteiger partial charge in [-0.3, -0.25) is 9.78 Å². The van der Waals surface area contributed by atoms with Gasteiger partial charge in [0, 0.05) is 29.4 Å². The number of methoxy groups -OCH3 is 1. The van der Waals surface area contributed by atoms with E-state index in [1.807, 2.05) is 0 Å². The zero-order valence-electron chi connectivity index (χ0n) is 18.6. The molecule has 178 valence electrons. The molecule has 4 rings (SSSR count). The second kappa shape index (κ2) is 10.0. The Morgan fingerprint density at radius 1 is 1.09 bits per heavy atom. The molecule has 1 aromatic carbocycles. The van der Waals surface area contributed by atoms with Crippen LogP contribution in [-0.2, 0) is 0 Å². The van der Waals surface area contributed by atoms with Gasteiger partial charge in [-0.1, -0.05) is 12.8 Å². The zero-order chi connectivity index (χ0) is 24.2. The first kappa shape index (κ1) is 23.4. The van der Waals surface area contributed by atoms with Crippen LogP contribution in [0.2, 0.25) is 0 Å². The summed E-state index contributed by atoms with van der Waals surface area (Å²) in [5.74, 6) is -1.50. The second-order valence-corrected chi connectivity index (χ2v) is 8.21. The maximum Gasteiger partial charge on any atom is 0.252 e. The van der Waals surface area contributed by atoms with Crippen molar-refractivity contribution in [3.63, 3.8) is 0 Å². The number of carbonyl (C=O) groups is 1. The standard InChI is InChI=1S/C24H26F2N6O2/c1-34-15-6-7-18(25)16(9-15)13-8-14(12-29-11-13)30-23-17(22(28)33)10-19(26)24(32-23)31-21-5-3-2-4-20(21)27/h6-12,20-21H,2-5,27H2,1H3,(H2,28,33)(H2,30,31,32)/t20-,21+/m0/s1. The molecule has 34 heavy (non-hydrogen) atoms. The average molecular weight is 469 g/mol. The first-order chi connectivity index (χ1) is 16.4. The molecule has 0 radical (unpaired) electrons. The number of hydrogen-bond donors (Lipinski definition) is 4. The van der Waals surface area contributed by atoms with Gasteiger partial charge in [-0.15, -0.1) is 0 Å². The molecule has 1 amide bonds. The van der Waals surface area contributed by atoms with E-state index >= 15 is 0 Å². The Kier molecular flexibility index (Phi) is 6.87. The molecule has 2 heterocycles. The molecule has 0 saturated heterocycles. The summed E-state index contributed by atoms with van der Waals surface area (Å²) in [6, 6.07) is 6.77. The number of nitrogens with one attached hydrogen (secondary N) is 2. The van der Waals surface area contributed by atoms with Gasteiger partial charge in [-0.05, 0) is 43.2 Å². The summed E-state index contributed by atoms with van der Waals surface area (Å²) in [6.45, 7) is 0. The van der Waals surface area contributed by atoms with E-state index in [1.54, 1.807) is 12.1 Å². The monoisotopic (exact) mass is 468 g/mol. The van der Waals surface area contributed by atoms with Crippen molar-refractivity contribution in [3.05, 3.63) is 59.9 Å². The lowest BCUT2D eigenvalue weighted by Gasteiger charge is -2.30. The molecule has 6 N–H and O–H groups in total. The normalized spacial score (nSPS) is 17.8. The van der Waals surface area contributed by atoms with Crippen LogP contribution in [-0.4, -0.2) is 35.1 Å². The Labute approximate surface area is 195 Å². The van der Waals surface area contributed by atoms with E-state index in [1.165, 1.54) is 31.6 Å². The number of halogens is 2. The summed E-state index contributed by atoms with van der Waals surface area (Å²) < 4.78 is 34.4. The highest BCUT2D eigenvalue weighted by atomic mass is 19.1. The maximum atomic E-state index is 14.7. The van der Waals surface area contributed by atoms with Crippen LogP contribution in [0.1, 0.15) is 36.0 Å². The largest absolute Gasteiger partial charge is 0.497 e. The third-order valence-corrected chi connectivity index (χ3v) is 5.87. The van der Waals surface area contributed by atoms with Crippen LogP contribution in [0, 0.1) is 11.6 Å². The summed E-state index contributed by atoms with van der Waals surface area (Å²) in [5.41, 5.74) is 12.7. The van der Waals surface area contributed by atoms with Crippen LogP contribution in [0.15, 0.2) is 42.7 Å². The van der Waals surface area contributed by atoms with Crippen molar-refractivity contribution in [2.24, 2.45) is 11.5 Å². The lowest BCUT2D eigenvalue weighted by Crippen LogP contribution is -2.43. The number of carbonyl (C=O) groups excluding carboxylic acids is 1. The summed E-state index contributed by atoms with van der Waals surface area (Å²) in [5, 5.41) is 6.03. The maximum absolute atomic E-state index is 14.7. The molecular formula is C24H26F2N6O2. The molecule has 10 heteroatoms. The van der Waals surface area contributed by atoms with Gasteiger partial charge in [0.05, 0.1) is 24.6 Å². The van der Waals surface area contributed by atoms with Crippen LogP contribution in [0.25, 0.3) is 11.1 Å². The molecule has 0 spiro atoms. The third kappa shape index (κ3) is 5.07. The molecule has 0 bridgehead atoms. The van der Waals surface area contributed by atoms with Crippen molar-refractivity contribution in [1.82, 2.24) is 9.97 Å². The van der Waals surface area contributed by atoms with E-state index in [0.29, 0.717) is 17.0 Å². The number of nitrogens with two attached hydrogens (primary N) is 2. The number of ether oxygens (including phenoxy) is 1. The number of primary amides is 1. The van der Waals surface area contributed by atoms with Crippen molar-refractivity contribution >= 4 is 23.2 Å². The zero-order valence-corrected chi connectivity index (χ0v) is 18.6. The Balaban J connectivity index is 1.66. The molecule has 8 nitrogen and oxygen atoms in total. The van der Waals surface area contributed by atoms with Gasteiger partial charge in [-0.2, -0.15) is 0 Å². The molecule has 1 fully saturated rings. The van der Waals surface area contributed by atoms with E-state index in [2.05, 4.69) is 20.6 Å².